The zero-order valence-corrected chi connectivity index (χ0v) is 14.4. The lowest BCUT2D eigenvalue weighted by Gasteiger charge is -2.25. The summed E-state index contributed by atoms with van der Waals surface area (Å²) in [4.78, 5) is 19.2. The summed E-state index contributed by atoms with van der Waals surface area (Å²) in [5.41, 5.74) is 5.19. The molecule has 0 bridgehead atoms. The third-order valence-corrected chi connectivity index (χ3v) is 5.69. The first-order valence-electron chi connectivity index (χ1n) is 8.92. The van der Waals surface area contributed by atoms with Crippen LogP contribution < -0.4 is 0 Å². The Labute approximate surface area is 143 Å². The van der Waals surface area contributed by atoms with Crippen molar-refractivity contribution in [1.29, 1.82) is 0 Å². The van der Waals surface area contributed by atoms with Gasteiger partial charge in [0.1, 0.15) is 0 Å². The van der Waals surface area contributed by atoms with Crippen LogP contribution in [0.4, 0.5) is 0 Å². The average molecular weight is 320 g/mol. The molecule has 124 valence electrons. The molecule has 1 saturated heterocycles. The Hall–Kier alpha value is -2.16. The van der Waals surface area contributed by atoms with Crippen LogP contribution in [-0.2, 0) is 4.79 Å². The molecule has 0 spiro atoms. The first-order valence-corrected chi connectivity index (χ1v) is 8.92. The normalized spacial score (nSPS) is 25.8. The van der Waals surface area contributed by atoms with Gasteiger partial charge in [0.2, 0.25) is 5.91 Å². The molecular weight excluding hydrogens is 296 g/mol. The van der Waals surface area contributed by atoms with Crippen LogP contribution in [0.5, 0.6) is 0 Å². The minimum absolute atomic E-state index is 0.176. The zero-order valence-electron chi connectivity index (χ0n) is 14.4. The summed E-state index contributed by atoms with van der Waals surface area (Å²) in [6, 6.07) is 11.0. The number of amides is 1. The third kappa shape index (κ3) is 2.72. The molecule has 2 heterocycles. The zero-order chi connectivity index (χ0) is 16.7. The number of carbonyl (C=O) groups excluding carboxylic acids is 1. The molecule has 1 saturated carbocycles. The van der Waals surface area contributed by atoms with E-state index in [-0.39, 0.29) is 12.0 Å². The molecule has 24 heavy (non-hydrogen) atoms. The summed E-state index contributed by atoms with van der Waals surface area (Å²) < 4.78 is 0. The quantitative estimate of drug-likeness (QED) is 0.850. The fraction of sp³-hybridized carbons (Fsp3) is 0.429. The van der Waals surface area contributed by atoms with Crippen LogP contribution in [0.1, 0.15) is 53.5 Å². The van der Waals surface area contributed by atoms with Gasteiger partial charge in [-0.3, -0.25) is 9.78 Å². The Bertz CT molecular complexity index is 756. The van der Waals surface area contributed by atoms with Gasteiger partial charge in [0.05, 0.1) is 6.04 Å². The van der Waals surface area contributed by atoms with Crippen LogP contribution in [0, 0.1) is 19.8 Å². The van der Waals surface area contributed by atoms with Gasteiger partial charge in [-0.25, -0.2) is 0 Å². The summed E-state index contributed by atoms with van der Waals surface area (Å²) in [5.74, 6) is 0.933. The minimum atomic E-state index is 0.176. The highest BCUT2D eigenvalue weighted by molar-refractivity contribution is 5.83. The Balaban J connectivity index is 1.49. The number of carbonyl (C=O) groups is 1. The van der Waals surface area contributed by atoms with Crippen molar-refractivity contribution in [2.24, 2.45) is 5.92 Å². The molecule has 0 radical (unpaired) electrons. The number of rotatable bonds is 3. The van der Waals surface area contributed by atoms with E-state index in [4.69, 9.17) is 0 Å². The second-order valence-corrected chi connectivity index (χ2v) is 7.26. The number of pyridine rings is 1. The van der Waals surface area contributed by atoms with E-state index in [0.717, 1.165) is 25.8 Å². The largest absolute Gasteiger partial charge is 0.335 e. The standard InChI is InChI=1S/C21H24N2O/c1-14-5-6-17(12-15(14)2)18-13-19(18)21(24)23-11-3-4-20(23)16-7-9-22-10-8-16/h5-10,12,18-20H,3-4,11,13H2,1-2H3/t18-,19-,20-/m0/s1. The number of nitrogens with zero attached hydrogens (tertiary/aromatic N) is 2. The first kappa shape index (κ1) is 15.4. The van der Waals surface area contributed by atoms with E-state index < -0.39 is 0 Å². The second kappa shape index (κ2) is 6.04. The van der Waals surface area contributed by atoms with Gasteiger partial charge >= 0.3 is 0 Å². The molecule has 1 aromatic heterocycles. The lowest BCUT2D eigenvalue weighted by atomic mass is 10.0. The van der Waals surface area contributed by atoms with E-state index in [1.54, 1.807) is 0 Å². The van der Waals surface area contributed by atoms with E-state index in [1.807, 2.05) is 24.5 Å². The SMILES string of the molecule is Cc1ccc([C@@H]2C[C@@H]2C(=O)N2CCC[C@H]2c2ccncc2)cc1C. The van der Waals surface area contributed by atoms with E-state index in [0.29, 0.717) is 11.8 Å². The predicted octanol–water partition coefficient (Wildman–Crippen LogP) is 4.17. The number of benzene rings is 1. The summed E-state index contributed by atoms with van der Waals surface area (Å²) in [6.45, 7) is 5.18. The van der Waals surface area contributed by atoms with Gasteiger partial charge in [0.25, 0.3) is 0 Å². The highest BCUT2D eigenvalue weighted by atomic mass is 16.2. The van der Waals surface area contributed by atoms with Crippen molar-refractivity contribution in [2.75, 3.05) is 6.54 Å². The van der Waals surface area contributed by atoms with Crippen LogP contribution in [0.3, 0.4) is 0 Å². The molecule has 3 nitrogen and oxygen atoms in total. The van der Waals surface area contributed by atoms with Gasteiger partial charge in [-0.1, -0.05) is 18.2 Å². The minimum Gasteiger partial charge on any atom is -0.335 e. The van der Waals surface area contributed by atoms with Crippen LogP contribution >= 0.6 is 0 Å². The molecule has 1 amide bonds. The van der Waals surface area contributed by atoms with Crippen molar-refractivity contribution in [3.8, 4) is 0 Å². The summed E-state index contributed by atoms with van der Waals surface area (Å²) >= 11 is 0. The van der Waals surface area contributed by atoms with E-state index in [2.05, 4.69) is 41.9 Å². The monoisotopic (exact) mass is 320 g/mol. The molecule has 4 rings (SSSR count). The molecule has 0 unspecified atom stereocenters. The van der Waals surface area contributed by atoms with Gasteiger partial charge in [0.15, 0.2) is 0 Å². The van der Waals surface area contributed by atoms with Crippen molar-refractivity contribution in [2.45, 2.75) is 45.1 Å². The number of likely N-dealkylation sites (tertiary alicyclic amines) is 1. The van der Waals surface area contributed by atoms with Crippen molar-refractivity contribution in [3.63, 3.8) is 0 Å². The van der Waals surface area contributed by atoms with Crippen molar-refractivity contribution in [1.82, 2.24) is 9.88 Å². The smallest absolute Gasteiger partial charge is 0.226 e. The summed E-state index contributed by atoms with van der Waals surface area (Å²) in [5, 5.41) is 0. The lowest BCUT2D eigenvalue weighted by Crippen LogP contribution is -2.32. The van der Waals surface area contributed by atoms with Crippen LogP contribution in [0.15, 0.2) is 42.7 Å². The fourth-order valence-electron chi connectivity index (χ4n) is 4.01. The molecule has 0 N–H and O–H groups in total. The van der Waals surface area contributed by atoms with Gasteiger partial charge in [0, 0.05) is 24.9 Å². The van der Waals surface area contributed by atoms with Gasteiger partial charge < -0.3 is 4.90 Å². The highest BCUT2D eigenvalue weighted by Gasteiger charge is 2.47. The Kier molecular flexibility index (Phi) is 3.87. The van der Waals surface area contributed by atoms with E-state index >= 15 is 0 Å². The van der Waals surface area contributed by atoms with Crippen molar-refractivity contribution in [3.05, 3.63) is 65.0 Å². The third-order valence-electron chi connectivity index (χ3n) is 5.69. The maximum absolute atomic E-state index is 13.0. The predicted molar refractivity (Wildman–Crippen MR) is 94.7 cm³/mol. The average Bonchev–Trinajstić information content (AvgIpc) is 3.25. The maximum Gasteiger partial charge on any atom is 0.226 e. The van der Waals surface area contributed by atoms with Crippen LogP contribution in [0.2, 0.25) is 0 Å². The van der Waals surface area contributed by atoms with Crippen molar-refractivity contribution < 1.29 is 4.79 Å². The Morgan fingerprint density at radius 1 is 1.08 bits per heavy atom. The molecule has 3 heteroatoms. The number of aryl methyl sites for hydroxylation is 2. The molecular formula is C21H24N2O. The maximum atomic E-state index is 13.0. The fourth-order valence-corrected chi connectivity index (χ4v) is 4.01. The lowest BCUT2D eigenvalue weighted by molar-refractivity contribution is -0.133. The molecule has 2 aliphatic rings. The van der Waals surface area contributed by atoms with Gasteiger partial charge in [-0.2, -0.15) is 0 Å². The summed E-state index contributed by atoms with van der Waals surface area (Å²) in [7, 11) is 0. The number of hydrogen-bond donors (Lipinski definition) is 0. The van der Waals surface area contributed by atoms with E-state index in [1.165, 1.54) is 22.3 Å². The van der Waals surface area contributed by atoms with Gasteiger partial charge in [-0.05, 0) is 73.4 Å². The molecule has 1 aromatic carbocycles. The molecule has 1 aliphatic carbocycles. The molecule has 1 aliphatic heterocycles. The van der Waals surface area contributed by atoms with Gasteiger partial charge in [-0.15, -0.1) is 0 Å². The Morgan fingerprint density at radius 3 is 2.62 bits per heavy atom. The molecule has 2 aromatic rings. The highest BCUT2D eigenvalue weighted by Crippen LogP contribution is 2.50. The van der Waals surface area contributed by atoms with Crippen molar-refractivity contribution >= 4 is 5.91 Å². The van der Waals surface area contributed by atoms with E-state index in [9.17, 15) is 4.79 Å². The second-order valence-electron chi connectivity index (χ2n) is 7.26. The van der Waals surface area contributed by atoms with Crippen LogP contribution in [-0.4, -0.2) is 22.3 Å². The number of hydrogen-bond acceptors (Lipinski definition) is 2. The Morgan fingerprint density at radius 2 is 1.88 bits per heavy atom. The molecule has 2 fully saturated rings. The molecule has 3 atom stereocenters. The first-order chi connectivity index (χ1) is 11.6. The topological polar surface area (TPSA) is 33.2 Å². The number of aromatic nitrogens is 1. The summed E-state index contributed by atoms with van der Waals surface area (Å²) in [6.07, 6.45) is 6.81. The van der Waals surface area contributed by atoms with Crippen LogP contribution in [0.25, 0.3) is 0 Å².